The van der Waals surface area contributed by atoms with Gasteiger partial charge in [0, 0.05) is 5.39 Å². The van der Waals surface area contributed by atoms with Crippen molar-refractivity contribution in [1.29, 1.82) is 0 Å². The van der Waals surface area contributed by atoms with Crippen LogP contribution in [-0.4, -0.2) is 10.2 Å². The molecule has 16 heavy (non-hydrogen) atoms. The van der Waals surface area contributed by atoms with E-state index in [1.165, 1.54) is 6.07 Å². The van der Waals surface area contributed by atoms with E-state index in [-0.39, 0.29) is 5.92 Å². The lowest BCUT2D eigenvalue weighted by molar-refractivity contribution is -0.137. The van der Waals surface area contributed by atoms with Gasteiger partial charge in [-0.05, 0) is 18.1 Å². The number of hydrogen-bond donors (Lipinski definition) is 1. The van der Waals surface area contributed by atoms with Gasteiger partial charge in [-0.2, -0.15) is 18.3 Å². The highest BCUT2D eigenvalue weighted by Gasteiger charge is 2.30. The summed E-state index contributed by atoms with van der Waals surface area (Å²) in [5, 5.41) is 7.41. The van der Waals surface area contributed by atoms with Gasteiger partial charge in [-0.3, -0.25) is 5.10 Å². The molecular formula is C11H11F3N2. The van der Waals surface area contributed by atoms with E-state index in [4.69, 9.17) is 0 Å². The van der Waals surface area contributed by atoms with Crippen LogP contribution in [0.1, 0.15) is 31.0 Å². The second kappa shape index (κ2) is 3.50. The Bertz CT molecular complexity index is 511. The van der Waals surface area contributed by atoms with Crippen LogP contribution >= 0.6 is 0 Å². The number of fused-ring (bicyclic) bond motifs is 1. The fraction of sp³-hybridized carbons (Fsp3) is 0.364. The van der Waals surface area contributed by atoms with E-state index in [9.17, 15) is 13.2 Å². The molecule has 0 unspecified atom stereocenters. The molecule has 2 nitrogen and oxygen atoms in total. The van der Waals surface area contributed by atoms with E-state index < -0.39 is 11.7 Å². The van der Waals surface area contributed by atoms with Crippen LogP contribution in [0.25, 0.3) is 10.9 Å². The van der Waals surface area contributed by atoms with E-state index in [0.717, 1.165) is 23.2 Å². The molecule has 1 heterocycles. The van der Waals surface area contributed by atoms with Crippen LogP contribution < -0.4 is 0 Å². The number of hydrogen-bond acceptors (Lipinski definition) is 1. The quantitative estimate of drug-likeness (QED) is 0.792. The van der Waals surface area contributed by atoms with Gasteiger partial charge >= 0.3 is 6.18 Å². The molecule has 0 fully saturated rings. The largest absolute Gasteiger partial charge is 0.416 e. The van der Waals surface area contributed by atoms with Crippen LogP contribution in [0.2, 0.25) is 0 Å². The summed E-state index contributed by atoms with van der Waals surface area (Å²) < 4.78 is 37.3. The minimum atomic E-state index is -4.31. The summed E-state index contributed by atoms with van der Waals surface area (Å²) in [5.74, 6) is 0.186. The first kappa shape index (κ1) is 11.0. The van der Waals surface area contributed by atoms with Crippen LogP contribution in [0.3, 0.4) is 0 Å². The van der Waals surface area contributed by atoms with Gasteiger partial charge in [0.1, 0.15) is 0 Å². The first-order valence-electron chi connectivity index (χ1n) is 4.95. The molecule has 0 atom stereocenters. The molecule has 0 saturated heterocycles. The second-order valence-electron chi connectivity index (χ2n) is 4.02. The number of aromatic nitrogens is 2. The smallest absolute Gasteiger partial charge is 0.278 e. The normalized spacial score (nSPS) is 12.6. The SMILES string of the molecule is CC(C)c1n[nH]c2cc(C(F)(F)F)ccc12. The molecule has 0 aliphatic rings. The summed E-state index contributed by atoms with van der Waals surface area (Å²) in [6.45, 7) is 3.90. The molecule has 0 spiro atoms. The van der Waals surface area contributed by atoms with Gasteiger partial charge in [0.25, 0.3) is 0 Å². The standard InChI is InChI=1S/C11H11F3N2/c1-6(2)10-8-4-3-7(11(12,13)14)5-9(8)15-16-10/h3-6H,1-2H3,(H,15,16). The van der Waals surface area contributed by atoms with Crippen molar-refractivity contribution in [3.63, 3.8) is 0 Å². The summed E-state index contributed by atoms with van der Waals surface area (Å²) in [4.78, 5) is 0. The summed E-state index contributed by atoms with van der Waals surface area (Å²) in [7, 11) is 0. The van der Waals surface area contributed by atoms with Crippen molar-refractivity contribution in [1.82, 2.24) is 10.2 Å². The Morgan fingerprint density at radius 1 is 1.25 bits per heavy atom. The highest BCUT2D eigenvalue weighted by molar-refractivity contribution is 5.82. The number of alkyl halides is 3. The summed E-state index contributed by atoms with van der Waals surface area (Å²) in [5.41, 5.74) is 0.571. The van der Waals surface area contributed by atoms with E-state index in [2.05, 4.69) is 10.2 Å². The first-order chi connectivity index (χ1) is 7.39. The number of H-pyrrole nitrogens is 1. The van der Waals surface area contributed by atoms with E-state index in [1.807, 2.05) is 13.8 Å². The maximum atomic E-state index is 12.4. The third-order valence-corrected chi connectivity index (χ3v) is 2.47. The Hall–Kier alpha value is -1.52. The number of rotatable bonds is 1. The minimum Gasteiger partial charge on any atom is -0.278 e. The zero-order valence-corrected chi connectivity index (χ0v) is 8.89. The topological polar surface area (TPSA) is 28.7 Å². The fourth-order valence-corrected chi connectivity index (χ4v) is 1.66. The Morgan fingerprint density at radius 2 is 1.94 bits per heavy atom. The number of nitrogens with zero attached hydrogens (tertiary/aromatic N) is 1. The van der Waals surface area contributed by atoms with Crippen LogP contribution in [0.4, 0.5) is 13.2 Å². The highest BCUT2D eigenvalue weighted by Crippen LogP contribution is 2.32. The van der Waals surface area contributed by atoms with Gasteiger partial charge in [0.2, 0.25) is 0 Å². The first-order valence-corrected chi connectivity index (χ1v) is 4.95. The average Bonchev–Trinajstić information content (AvgIpc) is 2.58. The van der Waals surface area contributed by atoms with Crippen LogP contribution in [0.15, 0.2) is 18.2 Å². The molecular weight excluding hydrogens is 217 g/mol. The zero-order valence-electron chi connectivity index (χ0n) is 8.89. The second-order valence-corrected chi connectivity index (χ2v) is 4.02. The molecule has 0 aliphatic carbocycles. The van der Waals surface area contributed by atoms with Crippen molar-refractivity contribution >= 4 is 10.9 Å². The number of aromatic amines is 1. The monoisotopic (exact) mass is 228 g/mol. The molecule has 0 saturated carbocycles. The lowest BCUT2D eigenvalue weighted by Gasteiger charge is -2.06. The van der Waals surface area contributed by atoms with E-state index >= 15 is 0 Å². The lowest BCUT2D eigenvalue weighted by atomic mass is 10.0. The predicted octanol–water partition coefficient (Wildman–Crippen LogP) is 3.71. The van der Waals surface area contributed by atoms with Crippen molar-refractivity contribution in [3.05, 3.63) is 29.5 Å². The maximum Gasteiger partial charge on any atom is 0.416 e. The van der Waals surface area contributed by atoms with Crippen LogP contribution in [0.5, 0.6) is 0 Å². The Balaban J connectivity index is 2.58. The maximum absolute atomic E-state index is 12.4. The highest BCUT2D eigenvalue weighted by atomic mass is 19.4. The minimum absolute atomic E-state index is 0.186. The zero-order chi connectivity index (χ0) is 11.9. The van der Waals surface area contributed by atoms with Crippen molar-refractivity contribution in [2.45, 2.75) is 25.9 Å². The van der Waals surface area contributed by atoms with Gasteiger partial charge in [-0.1, -0.05) is 19.9 Å². The van der Waals surface area contributed by atoms with Crippen molar-refractivity contribution < 1.29 is 13.2 Å². The van der Waals surface area contributed by atoms with Gasteiger partial charge in [0.05, 0.1) is 16.8 Å². The molecule has 0 amide bonds. The molecule has 5 heteroatoms. The van der Waals surface area contributed by atoms with Gasteiger partial charge in [-0.25, -0.2) is 0 Å². The van der Waals surface area contributed by atoms with E-state index in [1.54, 1.807) is 0 Å². The average molecular weight is 228 g/mol. The third kappa shape index (κ3) is 1.77. The molecule has 1 N–H and O–H groups in total. The molecule has 0 aliphatic heterocycles. The van der Waals surface area contributed by atoms with Crippen LogP contribution in [0, 0.1) is 0 Å². The molecule has 0 bridgehead atoms. The van der Waals surface area contributed by atoms with Gasteiger partial charge in [0.15, 0.2) is 0 Å². The predicted molar refractivity (Wildman–Crippen MR) is 55.2 cm³/mol. The number of halogens is 3. The van der Waals surface area contributed by atoms with Crippen molar-refractivity contribution in [2.75, 3.05) is 0 Å². The van der Waals surface area contributed by atoms with Gasteiger partial charge in [-0.15, -0.1) is 0 Å². The molecule has 1 aromatic heterocycles. The molecule has 86 valence electrons. The Labute approximate surface area is 90.5 Å². The lowest BCUT2D eigenvalue weighted by Crippen LogP contribution is -2.04. The summed E-state index contributed by atoms with van der Waals surface area (Å²) >= 11 is 0. The van der Waals surface area contributed by atoms with Crippen molar-refractivity contribution in [3.8, 4) is 0 Å². The van der Waals surface area contributed by atoms with E-state index in [0.29, 0.717) is 5.52 Å². The summed E-state index contributed by atoms with van der Waals surface area (Å²) in [6, 6.07) is 3.65. The van der Waals surface area contributed by atoms with Crippen LogP contribution in [-0.2, 0) is 6.18 Å². The number of benzene rings is 1. The third-order valence-electron chi connectivity index (χ3n) is 2.47. The van der Waals surface area contributed by atoms with Gasteiger partial charge < -0.3 is 0 Å². The number of nitrogens with one attached hydrogen (secondary N) is 1. The summed E-state index contributed by atoms with van der Waals surface area (Å²) in [6.07, 6.45) is -4.31. The Morgan fingerprint density at radius 3 is 2.50 bits per heavy atom. The fourth-order valence-electron chi connectivity index (χ4n) is 1.66. The molecule has 2 aromatic rings. The molecule has 2 rings (SSSR count). The Kier molecular flexibility index (Phi) is 2.40. The molecule has 0 radical (unpaired) electrons. The molecule has 1 aromatic carbocycles. The van der Waals surface area contributed by atoms with Crippen molar-refractivity contribution in [2.24, 2.45) is 0 Å².